The topological polar surface area (TPSA) is 37.8 Å². The predicted octanol–water partition coefficient (Wildman–Crippen LogP) is 2.49. The van der Waals surface area contributed by atoms with Crippen LogP contribution in [-0.2, 0) is 19.3 Å². The number of hydrogen-bond acceptors (Lipinski definition) is 3. The highest BCUT2D eigenvalue weighted by atomic mass is 14.9. The maximum Gasteiger partial charge on any atom is 0.132 e. The first kappa shape index (κ1) is 13.5. The van der Waals surface area contributed by atoms with Crippen LogP contribution in [0, 0.1) is 5.92 Å². The van der Waals surface area contributed by atoms with Gasteiger partial charge >= 0.3 is 0 Å². The van der Waals surface area contributed by atoms with E-state index in [2.05, 4.69) is 26.1 Å². The fourth-order valence-electron chi connectivity index (χ4n) is 2.57. The van der Waals surface area contributed by atoms with E-state index in [1.165, 1.54) is 23.4 Å². The Morgan fingerprint density at radius 3 is 2.11 bits per heavy atom. The molecule has 0 aromatic carbocycles. The summed E-state index contributed by atoms with van der Waals surface area (Å²) in [6.07, 6.45) is 4.34. The smallest absolute Gasteiger partial charge is 0.132 e. The highest BCUT2D eigenvalue weighted by Crippen LogP contribution is 2.45. The molecule has 3 nitrogen and oxygen atoms in total. The van der Waals surface area contributed by atoms with Crippen molar-refractivity contribution in [2.45, 2.75) is 52.4 Å². The van der Waals surface area contributed by atoms with Crippen molar-refractivity contribution in [1.82, 2.24) is 15.3 Å². The van der Waals surface area contributed by atoms with Gasteiger partial charge in [-0.05, 0) is 50.8 Å². The summed E-state index contributed by atoms with van der Waals surface area (Å²) in [5, 5.41) is 3.22. The summed E-state index contributed by atoms with van der Waals surface area (Å²) in [6.45, 7) is 7.69. The lowest BCUT2D eigenvalue weighted by Gasteiger charge is -2.13. The van der Waals surface area contributed by atoms with Crippen LogP contribution in [0.15, 0.2) is 0 Å². The lowest BCUT2D eigenvalue weighted by Crippen LogP contribution is -2.16. The third kappa shape index (κ3) is 2.72. The monoisotopic (exact) mass is 247 g/mol. The third-order valence-corrected chi connectivity index (χ3v) is 3.93. The molecule has 0 aliphatic heterocycles. The number of hydrogen-bond donors (Lipinski definition) is 1. The Kier molecular flexibility index (Phi) is 4.33. The minimum atomic E-state index is 0.624. The van der Waals surface area contributed by atoms with Gasteiger partial charge in [-0.1, -0.05) is 20.8 Å². The fourth-order valence-corrected chi connectivity index (χ4v) is 2.57. The first-order valence-corrected chi connectivity index (χ1v) is 7.24. The van der Waals surface area contributed by atoms with E-state index in [0.717, 1.165) is 37.5 Å². The van der Waals surface area contributed by atoms with Gasteiger partial charge in [0.25, 0.3) is 0 Å². The molecule has 0 amide bonds. The number of nitrogens with zero attached hydrogens (tertiary/aromatic N) is 2. The zero-order valence-corrected chi connectivity index (χ0v) is 12.1. The Labute approximate surface area is 110 Å². The molecule has 0 bridgehead atoms. The Hall–Kier alpha value is -0.960. The molecule has 1 aromatic rings. The van der Waals surface area contributed by atoms with Crippen molar-refractivity contribution in [1.29, 1.82) is 0 Å². The van der Waals surface area contributed by atoms with Crippen LogP contribution in [0.25, 0.3) is 0 Å². The van der Waals surface area contributed by atoms with Gasteiger partial charge in [-0.15, -0.1) is 0 Å². The second-order valence-electron chi connectivity index (χ2n) is 5.33. The van der Waals surface area contributed by atoms with Crippen LogP contribution in [0.5, 0.6) is 0 Å². The number of nitrogens with one attached hydrogen (secondary N) is 1. The number of aryl methyl sites for hydroxylation is 2. The van der Waals surface area contributed by atoms with E-state index in [0.29, 0.717) is 5.92 Å². The molecular weight excluding hydrogens is 222 g/mol. The lowest BCUT2D eigenvalue weighted by molar-refractivity contribution is 0.735. The van der Waals surface area contributed by atoms with Crippen molar-refractivity contribution in [2.75, 3.05) is 13.6 Å². The quantitative estimate of drug-likeness (QED) is 0.839. The molecule has 100 valence electrons. The molecule has 0 radical (unpaired) electrons. The summed E-state index contributed by atoms with van der Waals surface area (Å²) >= 11 is 0. The Morgan fingerprint density at radius 2 is 1.72 bits per heavy atom. The maximum atomic E-state index is 4.83. The lowest BCUT2D eigenvalue weighted by atomic mass is 10.0. The molecule has 1 aliphatic rings. The molecule has 2 atom stereocenters. The normalized spacial score (nSPS) is 22.2. The van der Waals surface area contributed by atoms with Crippen LogP contribution >= 0.6 is 0 Å². The van der Waals surface area contributed by atoms with Gasteiger partial charge < -0.3 is 5.32 Å². The first-order chi connectivity index (χ1) is 8.71. The molecule has 1 heterocycles. The van der Waals surface area contributed by atoms with Crippen LogP contribution in [0.2, 0.25) is 0 Å². The van der Waals surface area contributed by atoms with E-state index >= 15 is 0 Å². The molecule has 0 saturated heterocycles. The Morgan fingerprint density at radius 1 is 1.17 bits per heavy atom. The predicted molar refractivity (Wildman–Crippen MR) is 74.9 cm³/mol. The van der Waals surface area contributed by atoms with Crippen molar-refractivity contribution >= 4 is 0 Å². The van der Waals surface area contributed by atoms with Crippen molar-refractivity contribution in [3.8, 4) is 0 Å². The molecule has 2 rings (SSSR count). The second-order valence-corrected chi connectivity index (χ2v) is 5.33. The van der Waals surface area contributed by atoms with E-state index in [1.54, 1.807) is 0 Å². The second kappa shape index (κ2) is 5.79. The molecule has 2 unspecified atom stereocenters. The SMILES string of the molecule is CCc1nc(C2CC2C)nc(CC)c1CCNC. The van der Waals surface area contributed by atoms with Gasteiger partial charge in [0.2, 0.25) is 0 Å². The molecular formula is C15H25N3. The van der Waals surface area contributed by atoms with Crippen LogP contribution < -0.4 is 5.32 Å². The van der Waals surface area contributed by atoms with Crippen molar-refractivity contribution in [3.05, 3.63) is 22.8 Å². The van der Waals surface area contributed by atoms with Gasteiger partial charge in [-0.3, -0.25) is 0 Å². The van der Waals surface area contributed by atoms with Crippen molar-refractivity contribution in [2.24, 2.45) is 5.92 Å². The van der Waals surface area contributed by atoms with Gasteiger partial charge in [-0.25, -0.2) is 9.97 Å². The molecule has 1 saturated carbocycles. The van der Waals surface area contributed by atoms with E-state index in [9.17, 15) is 0 Å². The fraction of sp³-hybridized carbons (Fsp3) is 0.733. The highest BCUT2D eigenvalue weighted by Gasteiger charge is 2.37. The van der Waals surface area contributed by atoms with Gasteiger partial charge in [0.15, 0.2) is 0 Å². The average Bonchev–Trinajstić information content (AvgIpc) is 3.12. The molecule has 18 heavy (non-hydrogen) atoms. The first-order valence-electron chi connectivity index (χ1n) is 7.24. The summed E-state index contributed by atoms with van der Waals surface area (Å²) in [5.41, 5.74) is 3.92. The number of rotatable bonds is 6. The van der Waals surface area contributed by atoms with E-state index in [-0.39, 0.29) is 0 Å². The zero-order chi connectivity index (χ0) is 13.1. The van der Waals surface area contributed by atoms with Crippen LogP contribution in [0.1, 0.15) is 55.9 Å². The molecule has 3 heteroatoms. The van der Waals surface area contributed by atoms with Crippen molar-refractivity contribution < 1.29 is 0 Å². The summed E-state index contributed by atoms with van der Waals surface area (Å²) < 4.78 is 0. The minimum absolute atomic E-state index is 0.624. The zero-order valence-electron chi connectivity index (χ0n) is 12.1. The molecule has 1 fully saturated rings. The van der Waals surface area contributed by atoms with E-state index in [4.69, 9.17) is 9.97 Å². The van der Waals surface area contributed by atoms with Crippen molar-refractivity contribution in [3.63, 3.8) is 0 Å². The van der Waals surface area contributed by atoms with Gasteiger partial charge in [0.1, 0.15) is 5.82 Å². The van der Waals surface area contributed by atoms with Crippen LogP contribution in [0.3, 0.4) is 0 Å². The summed E-state index contributed by atoms with van der Waals surface area (Å²) in [6, 6.07) is 0. The number of likely N-dealkylation sites (N-methyl/N-ethyl adjacent to an activating group) is 1. The van der Waals surface area contributed by atoms with Gasteiger partial charge in [-0.2, -0.15) is 0 Å². The molecule has 1 aliphatic carbocycles. The minimum Gasteiger partial charge on any atom is -0.319 e. The van der Waals surface area contributed by atoms with Gasteiger partial charge in [0, 0.05) is 17.3 Å². The summed E-state index contributed by atoms with van der Waals surface area (Å²) in [5.74, 6) is 2.51. The molecule has 1 N–H and O–H groups in total. The standard InChI is InChI=1S/C15H25N3/c1-5-13-11(7-8-16-4)14(6-2)18-15(17-13)12-9-10(12)3/h10,12,16H,5-9H2,1-4H3. The summed E-state index contributed by atoms with van der Waals surface area (Å²) in [4.78, 5) is 9.65. The molecule has 0 spiro atoms. The van der Waals surface area contributed by atoms with Crippen LogP contribution in [-0.4, -0.2) is 23.6 Å². The third-order valence-electron chi connectivity index (χ3n) is 3.93. The highest BCUT2D eigenvalue weighted by molar-refractivity contribution is 5.29. The van der Waals surface area contributed by atoms with E-state index < -0.39 is 0 Å². The van der Waals surface area contributed by atoms with Gasteiger partial charge in [0.05, 0.1) is 0 Å². The maximum absolute atomic E-state index is 4.83. The number of aromatic nitrogens is 2. The largest absolute Gasteiger partial charge is 0.319 e. The molecule has 1 aromatic heterocycles. The van der Waals surface area contributed by atoms with E-state index in [1.807, 2.05) is 7.05 Å². The average molecular weight is 247 g/mol. The Bertz CT molecular complexity index is 389. The Balaban J connectivity index is 2.32. The summed E-state index contributed by atoms with van der Waals surface area (Å²) in [7, 11) is 2.00. The van der Waals surface area contributed by atoms with Crippen LogP contribution in [0.4, 0.5) is 0 Å².